The van der Waals surface area contributed by atoms with Crippen LogP contribution >= 0.6 is 0 Å². The lowest BCUT2D eigenvalue weighted by atomic mass is 9.95. The number of para-hydroxylation sites is 1. The standard InChI is InChI=1S/C52H37N/c1-3-15-38(16-4-1)40-31-33-42(34-32-40)51-28-9-10-30-52(51)53(47-25-12-22-44(36-47)39-17-5-2-6-18-39)48-26-13-23-45(37-48)43-21-11-24-46(35-43)50-29-14-20-41-19-7-8-27-49(41)50/h1-37H. The number of hydrogen-bond donors (Lipinski definition) is 0. The van der Waals surface area contributed by atoms with E-state index in [1.54, 1.807) is 0 Å². The molecule has 0 saturated heterocycles. The van der Waals surface area contributed by atoms with Crippen molar-refractivity contribution in [2.45, 2.75) is 0 Å². The summed E-state index contributed by atoms with van der Waals surface area (Å²) in [6.07, 6.45) is 0. The van der Waals surface area contributed by atoms with Crippen LogP contribution in [-0.4, -0.2) is 0 Å². The normalized spacial score (nSPS) is 11.0. The van der Waals surface area contributed by atoms with Crippen LogP contribution in [0.25, 0.3) is 66.4 Å². The van der Waals surface area contributed by atoms with E-state index in [4.69, 9.17) is 0 Å². The van der Waals surface area contributed by atoms with E-state index in [9.17, 15) is 0 Å². The third-order valence-electron chi connectivity index (χ3n) is 10.1. The van der Waals surface area contributed by atoms with E-state index in [-0.39, 0.29) is 0 Å². The summed E-state index contributed by atoms with van der Waals surface area (Å²) < 4.78 is 0. The van der Waals surface area contributed by atoms with Crippen molar-refractivity contribution in [2.75, 3.05) is 4.90 Å². The second kappa shape index (κ2) is 14.3. The average molecular weight is 676 g/mol. The molecule has 0 heterocycles. The summed E-state index contributed by atoms with van der Waals surface area (Å²) in [6.45, 7) is 0. The van der Waals surface area contributed by atoms with Crippen molar-refractivity contribution < 1.29 is 0 Å². The van der Waals surface area contributed by atoms with Gasteiger partial charge in [0.1, 0.15) is 0 Å². The van der Waals surface area contributed by atoms with Gasteiger partial charge in [0.05, 0.1) is 5.69 Å². The molecule has 0 atom stereocenters. The van der Waals surface area contributed by atoms with E-state index in [0.717, 1.165) is 17.1 Å². The Morgan fingerprint density at radius 1 is 0.245 bits per heavy atom. The molecule has 1 nitrogen and oxygen atoms in total. The van der Waals surface area contributed by atoms with Crippen LogP contribution in [0.15, 0.2) is 224 Å². The van der Waals surface area contributed by atoms with Gasteiger partial charge >= 0.3 is 0 Å². The zero-order valence-electron chi connectivity index (χ0n) is 29.3. The van der Waals surface area contributed by atoms with Crippen molar-refractivity contribution in [1.82, 2.24) is 0 Å². The van der Waals surface area contributed by atoms with Gasteiger partial charge in [0.2, 0.25) is 0 Å². The minimum absolute atomic E-state index is 1.09. The zero-order chi connectivity index (χ0) is 35.4. The molecular formula is C52H37N. The Morgan fingerprint density at radius 3 is 1.40 bits per heavy atom. The molecule has 9 rings (SSSR count). The minimum atomic E-state index is 1.09. The summed E-state index contributed by atoms with van der Waals surface area (Å²) in [7, 11) is 0. The summed E-state index contributed by atoms with van der Waals surface area (Å²) >= 11 is 0. The highest BCUT2D eigenvalue weighted by atomic mass is 15.1. The molecule has 0 aliphatic heterocycles. The molecule has 9 aromatic carbocycles. The Balaban J connectivity index is 1.17. The molecule has 9 aromatic rings. The van der Waals surface area contributed by atoms with Crippen LogP contribution in [0.1, 0.15) is 0 Å². The lowest BCUT2D eigenvalue weighted by molar-refractivity contribution is 1.28. The van der Waals surface area contributed by atoms with Gasteiger partial charge in [0.25, 0.3) is 0 Å². The Labute approximate surface area is 311 Å². The second-order valence-electron chi connectivity index (χ2n) is 13.4. The molecule has 0 aromatic heterocycles. The largest absolute Gasteiger partial charge is 0.310 e. The molecule has 0 unspecified atom stereocenters. The van der Waals surface area contributed by atoms with Gasteiger partial charge in [-0.2, -0.15) is 0 Å². The van der Waals surface area contributed by atoms with Crippen LogP contribution in [0.4, 0.5) is 17.1 Å². The van der Waals surface area contributed by atoms with E-state index < -0.39 is 0 Å². The lowest BCUT2D eigenvalue weighted by Gasteiger charge is -2.29. The van der Waals surface area contributed by atoms with Crippen molar-refractivity contribution in [3.05, 3.63) is 224 Å². The minimum Gasteiger partial charge on any atom is -0.310 e. The van der Waals surface area contributed by atoms with Gasteiger partial charge in [-0.3, -0.25) is 0 Å². The van der Waals surface area contributed by atoms with E-state index in [1.807, 2.05) is 0 Å². The van der Waals surface area contributed by atoms with Crippen LogP contribution in [0.2, 0.25) is 0 Å². The van der Waals surface area contributed by atoms with Crippen LogP contribution in [-0.2, 0) is 0 Å². The third-order valence-corrected chi connectivity index (χ3v) is 10.1. The predicted molar refractivity (Wildman–Crippen MR) is 226 cm³/mol. The number of hydrogen-bond acceptors (Lipinski definition) is 1. The summed E-state index contributed by atoms with van der Waals surface area (Å²) in [5, 5.41) is 2.51. The zero-order valence-corrected chi connectivity index (χ0v) is 29.3. The molecular weight excluding hydrogens is 639 g/mol. The van der Waals surface area contributed by atoms with Crippen LogP contribution in [0.5, 0.6) is 0 Å². The maximum absolute atomic E-state index is 2.41. The lowest BCUT2D eigenvalue weighted by Crippen LogP contribution is -2.11. The molecule has 0 aliphatic rings. The SMILES string of the molecule is c1ccc(-c2ccc(-c3ccccc3N(c3cccc(-c4ccccc4)c3)c3cccc(-c4cccc(-c5cccc6ccccc56)c4)c3)cc2)cc1. The molecule has 53 heavy (non-hydrogen) atoms. The molecule has 0 spiro atoms. The summed E-state index contributed by atoms with van der Waals surface area (Å²) in [5.41, 5.74) is 15.2. The maximum Gasteiger partial charge on any atom is 0.0540 e. The number of rotatable bonds is 8. The van der Waals surface area contributed by atoms with Crippen molar-refractivity contribution >= 4 is 27.8 Å². The molecule has 0 amide bonds. The summed E-state index contributed by atoms with van der Waals surface area (Å²) in [6, 6.07) is 80.8. The second-order valence-corrected chi connectivity index (χ2v) is 13.4. The van der Waals surface area contributed by atoms with Gasteiger partial charge < -0.3 is 4.90 Å². The van der Waals surface area contributed by atoms with Crippen LogP contribution in [0, 0.1) is 0 Å². The highest BCUT2D eigenvalue weighted by molar-refractivity contribution is 5.97. The summed E-state index contributed by atoms with van der Waals surface area (Å²) in [4.78, 5) is 2.41. The highest BCUT2D eigenvalue weighted by Gasteiger charge is 2.19. The quantitative estimate of drug-likeness (QED) is 0.155. The van der Waals surface area contributed by atoms with Crippen molar-refractivity contribution in [1.29, 1.82) is 0 Å². The molecule has 0 bridgehead atoms. The molecule has 250 valence electrons. The predicted octanol–water partition coefficient (Wildman–Crippen LogP) is 14.6. The van der Waals surface area contributed by atoms with Gasteiger partial charge in [0.15, 0.2) is 0 Å². The number of benzene rings is 9. The average Bonchev–Trinajstić information content (AvgIpc) is 3.25. The molecule has 0 N–H and O–H groups in total. The molecule has 0 fully saturated rings. The van der Waals surface area contributed by atoms with Gasteiger partial charge in [-0.15, -0.1) is 0 Å². The van der Waals surface area contributed by atoms with Crippen molar-refractivity contribution in [3.63, 3.8) is 0 Å². The Morgan fingerprint density at radius 2 is 0.679 bits per heavy atom. The fourth-order valence-electron chi connectivity index (χ4n) is 7.44. The number of nitrogens with zero attached hydrogens (tertiary/aromatic N) is 1. The Hall–Kier alpha value is -6.96. The van der Waals surface area contributed by atoms with E-state index >= 15 is 0 Å². The first-order chi connectivity index (χ1) is 26.3. The number of anilines is 3. The van der Waals surface area contributed by atoms with Crippen LogP contribution < -0.4 is 4.90 Å². The van der Waals surface area contributed by atoms with E-state index in [1.165, 1.54) is 66.4 Å². The Bertz CT molecular complexity index is 2650. The van der Waals surface area contributed by atoms with Gasteiger partial charge in [-0.05, 0) is 97.2 Å². The molecule has 0 aliphatic carbocycles. The molecule has 1 heteroatoms. The van der Waals surface area contributed by atoms with Crippen LogP contribution in [0.3, 0.4) is 0 Å². The first-order valence-corrected chi connectivity index (χ1v) is 18.2. The van der Waals surface area contributed by atoms with Crippen molar-refractivity contribution in [2.24, 2.45) is 0 Å². The van der Waals surface area contributed by atoms with E-state index in [0.29, 0.717) is 0 Å². The highest BCUT2D eigenvalue weighted by Crippen LogP contribution is 2.43. The monoisotopic (exact) mass is 675 g/mol. The van der Waals surface area contributed by atoms with Crippen molar-refractivity contribution in [3.8, 4) is 55.6 Å². The smallest absolute Gasteiger partial charge is 0.0540 e. The van der Waals surface area contributed by atoms with Gasteiger partial charge in [-0.1, -0.05) is 188 Å². The fourth-order valence-corrected chi connectivity index (χ4v) is 7.44. The first-order valence-electron chi connectivity index (χ1n) is 18.2. The fraction of sp³-hybridized carbons (Fsp3) is 0. The summed E-state index contributed by atoms with van der Waals surface area (Å²) in [5.74, 6) is 0. The maximum atomic E-state index is 2.41. The molecule has 0 radical (unpaired) electrons. The number of fused-ring (bicyclic) bond motifs is 1. The molecule has 0 saturated carbocycles. The topological polar surface area (TPSA) is 3.24 Å². The van der Waals surface area contributed by atoms with E-state index in [2.05, 4.69) is 229 Å². The first kappa shape index (κ1) is 32.0. The Kier molecular flexibility index (Phi) is 8.66. The van der Waals surface area contributed by atoms with Gasteiger partial charge in [0, 0.05) is 16.9 Å². The third kappa shape index (κ3) is 6.53. The van der Waals surface area contributed by atoms with Gasteiger partial charge in [-0.25, -0.2) is 0 Å².